The van der Waals surface area contributed by atoms with Gasteiger partial charge in [-0.25, -0.2) is 0 Å². The Hall–Kier alpha value is 0.230. The molecule has 82 valence electrons. The van der Waals surface area contributed by atoms with Crippen LogP contribution in [0.2, 0.25) is 8.67 Å². The third-order valence-corrected chi connectivity index (χ3v) is 4.54. The topological polar surface area (TPSA) is 20.3 Å². The number of hydrogen-bond donors (Lipinski definition) is 0. The lowest BCUT2D eigenvalue weighted by atomic mass is 10.3. The monoisotopic (exact) mass is 327 g/mol. The maximum atomic E-state index is 12.0. The van der Waals surface area contributed by atoms with Crippen LogP contribution >= 0.6 is 50.5 Å². The van der Waals surface area contributed by atoms with Crippen LogP contribution in [0, 0.1) is 0 Å². The summed E-state index contributed by atoms with van der Waals surface area (Å²) in [6.07, 6.45) is 0.987. The average molecular weight is 329 g/mol. The number of hydrogen-bond acceptors (Lipinski definition) is 2. The fourth-order valence-electron chi connectivity index (χ4n) is 1.56. The summed E-state index contributed by atoms with van der Waals surface area (Å²) in [7, 11) is 0. The summed E-state index contributed by atoms with van der Waals surface area (Å²) in [4.78, 5) is 14.2. The first-order valence-electron chi connectivity index (χ1n) is 4.46. The highest BCUT2D eigenvalue weighted by Gasteiger charge is 2.27. The quantitative estimate of drug-likeness (QED) is 0.720. The molecule has 0 aromatic carbocycles. The molecule has 1 aromatic rings. The second-order valence-electron chi connectivity index (χ2n) is 3.38. The van der Waals surface area contributed by atoms with Crippen molar-refractivity contribution in [2.75, 3.05) is 13.1 Å². The Balaban J connectivity index is 2.17. The molecule has 0 aliphatic carbocycles. The maximum absolute atomic E-state index is 12.0. The molecule has 0 spiro atoms. The first kappa shape index (κ1) is 11.7. The van der Waals surface area contributed by atoms with Crippen molar-refractivity contribution >= 4 is 56.4 Å². The number of thiophene rings is 1. The van der Waals surface area contributed by atoms with Crippen molar-refractivity contribution in [2.45, 2.75) is 11.2 Å². The highest BCUT2D eigenvalue weighted by molar-refractivity contribution is 9.09. The number of rotatable bonds is 1. The first-order valence-corrected chi connectivity index (χ1v) is 6.95. The summed E-state index contributed by atoms with van der Waals surface area (Å²) in [5, 5.41) is 0. The van der Waals surface area contributed by atoms with Gasteiger partial charge < -0.3 is 4.90 Å². The van der Waals surface area contributed by atoms with Crippen molar-refractivity contribution in [1.82, 2.24) is 4.90 Å². The minimum Gasteiger partial charge on any atom is -0.337 e. The van der Waals surface area contributed by atoms with Gasteiger partial charge in [-0.05, 0) is 12.5 Å². The molecule has 0 N–H and O–H groups in total. The molecule has 0 bridgehead atoms. The summed E-state index contributed by atoms with van der Waals surface area (Å²) in [5.41, 5.74) is 0.522. The molecule has 2 heterocycles. The standard InChI is InChI=1S/C9H8BrCl2NOS/c10-5-1-2-13(4-5)9(14)6-3-7(11)15-8(6)12/h3,5H,1-2,4H2. The lowest BCUT2D eigenvalue weighted by molar-refractivity contribution is 0.0794. The Morgan fingerprint density at radius 1 is 1.60 bits per heavy atom. The second-order valence-corrected chi connectivity index (χ2v) is 6.96. The van der Waals surface area contributed by atoms with E-state index in [2.05, 4.69) is 15.9 Å². The molecule has 2 nitrogen and oxygen atoms in total. The summed E-state index contributed by atoms with van der Waals surface area (Å²) in [5.74, 6) is -0.0231. The van der Waals surface area contributed by atoms with E-state index in [0.29, 0.717) is 19.1 Å². The van der Waals surface area contributed by atoms with Gasteiger partial charge in [0.15, 0.2) is 0 Å². The zero-order chi connectivity index (χ0) is 11.0. The van der Waals surface area contributed by atoms with Crippen LogP contribution in [0.25, 0.3) is 0 Å². The molecule has 1 fully saturated rings. The van der Waals surface area contributed by atoms with Gasteiger partial charge in [0, 0.05) is 17.9 Å². The molecule has 15 heavy (non-hydrogen) atoms. The molecule has 6 heteroatoms. The van der Waals surface area contributed by atoms with Crippen LogP contribution in [-0.2, 0) is 0 Å². The van der Waals surface area contributed by atoms with Gasteiger partial charge in [0.05, 0.1) is 9.90 Å². The third-order valence-electron chi connectivity index (χ3n) is 2.31. The smallest absolute Gasteiger partial charge is 0.256 e. The predicted octanol–water partition coefficient (Wildman–Crippen LogP) is 3.66. The van der Waals surface area contributed by atoms with E-state index in [0.717, 1.165) is 19.5 Å². The number of alkyl halides is 1. The molecule has 2 rings (SSSR count). The van der Waals surface area contributed by atoms with Crippen LogP contribution in [-0.4, -0.2) is 28.7 Å². The fraction of sp³-hybridized carbons (Fsp3) is 0.444. The van der Waals surface area contributed by atoms with Gasteiger partial charge in [-0.1, -0.05) is 39.1 Å². The van der Waals surface area contributed by atoms with Gasteiger partial charge in [-0.15, -0.1) is 11.3 Å². The highest BCUT2D eigenvalue weighted by atomic mass is 79.9. The fourth-order valence-corrected chi connectivity index (χ4v) is 3.56. The number of carbonyl (C=O) groups excluding carboxylic acids is 1. The zero-order valence-electron chi connectivity index (χ0n) is 7.67. The molecule has 0 radical (unpaired) electrons. The Bertz CT molecular complexity index is 395. The van der Waals surface area contributed by atoms with Crippen LogP contribution in [0.1, 0.15) is 16.8 Å². The SMILES string of the molecule is O=C(c1cc(Cl)sc1Cl)N1CCC(Br)C1. The number of amides is 1. The minimum atomic E-state index is -0.0231. The molecule has 1 aliphatic rings. The highest BCUT2D eigenvalue weighted by Crippen LogP contribution is 2.32. The van der Waals surface area contributed by atoms with Crippen LogP contribution in [0.5, 0.6) is 0 Å². The molecule has 1 amide bonds. The number of carbonyl (C=O) groups is 1. The summed E-state index contributed by atoms with van der Waals surface area (Å²) < 4.78 is 1.03. The van der Waals surface area contributed by atoms with Gasteiger partial charge in [-0.2, -0.15) is 0 Å². The number of nitrogens with zero attached hydrogens (tertiary/aromatic N) is 1. The van der Waals surface area contributed by atoms with E-state index < -0.39 is 0 Å². The molecule has 1 saturated heterocycles. The summed E-state index contributed by atoms with van der Waals surface area (Å²) >= 11 is 16.5. The minimum absolute atomic E-state index is 0.0231. The van der Waals surface area contributed by atoms with E-state index in [1.165, 1.54) is 11.3 Å². The maximum Gasteiger partial charge on any atom is 0.256 e. The van der Waals surface area contributed by atoms with Gasteiger partial charge >= 0.3 is 0 Å². The molecular formula is C9H8BrCl2NOS. The van der Waals surface area contributed by atoms with Gasteiger partial charge in [0.25, 0.3) is 5.91 Å². The van der Waals surface area contributed by atoms with Gasteiger partial charge in [0.2, 0.25) is 0 Å². The Morgan fingerprint density at radius 3 is 2.80 bits per heavy atom. The lowest BCUT2D eigenvalue weighted by Crippen LogP contribution is -2.28. The Kier molecular flexibility index (Phi) is 3.60. The van der Waals surface area contributed by atoms with E-state index in [4.69, 9.17) is 23.2 Å². The van der Waals surface area contributed by atoms with Crippen molar-refractivity contribution in [1.29, 1.82) is 0 Å². The summed E-state index contributed by atoms with van der Waals surface area (Å²) in [6, 6.07) is 1.64. The van der Waals surface area contributed by atoms with E-state index in [1.807, 2.05) is 0 Å². The molecule has 1 unspecified atom stereocenters. The normalized spacial score (nSPS) is 21.0. The van der Waals surface area contributed by atoms with Crippen molar-refractivity contribution in [3.8, 4) is 0 Å². The second kappa shape index (κ2) is 4.62. The van der Waals surface area contributed by atoms with Crippen molar-refractivity contribution < 1.29 is 4.79 Å². The zero-order valence-corrected chi connectivity index (χ0v) is 11.6. The third kappa shape index (κ3) is 2.49. The largest absolute Gasteiger partial charge is 0.337 e. The van der Waals surface area contributed by atoms with E-state index in [9.17, 15) is 4.79 Å². The van der Waals surface area contributed by atoms with Crippen molar-refractivity contribution in [2.24, 2.45) is 0 Å². The first-order chi connectivity index (χ1) is 7.08. The van der Waals surface area contributed by atoms with E-state index >= 15 is 0 Å². The Morgan fingerprint density at radius 2 is 2.33 bits per heavy atom. The van der Waals surface area contributed by atoms with Crippen LogP contribution in [0.4, 0.5) is 0 Å². The van der Waals surface area contributed by atoms with Crippen LogP contribution < -0.4 is 0 Å². The van der Waals surface area contributed by atoms with E-state index in [1.54, 1.807) is 11.0 Å². The molecule has 1 atom stereocenters. The Labute approximate surface area is 110 Å². The van der Waals surface area contributed by atoms with Crippen LogP contribution in [0.15, 0.2) is 6.07 Å². The average Bonchev–Trinajstić information content (AvgIpc) is 2.71. The van der Waals surface area contributed by atoms with Crippen molar-refractivity contribution in [3.63, 3.8) is 0 Å². The number of halogens is 3. The lowest BCUT2D eigenvalue weighted by Gasteiger charge is -2.14. The molecular weight excluding hydrogens is 321 g/mol. The van der Waals surface area contributed by atoms with E-state index in [-0.39, 0.29) is 5.91 Å². The van der Waals surface area contributed by atoms with Gasteiger partial charge in [0.1, 0.15) is 4.34 Å². The predicted molar refractivity (Wildman–Crippen MR) is 67.6 cm³/mol. The molecule has 0 saturated carbocycles. The van der Waals surface area contributed by atoms with Gasteiger partial charge in [-0.3, -0.25) is 4.79 Å². The summed E-state index contributed by atoms with van der Waals surface area (Å²) in [6.45, 7) is 1.52. The molecule has 1 aliphatic heterocycles. The molecule has 1 aromatic heterocycles. The number of likely N-dealkylation sites (tertiary alicyclic amines) is 1. The van der Waals surface area contributed by atoms with Crippen LogP contribution in [0.3, 0.4) is 0 Å². The van der Waals surface area contributed by atoms with Crippen molar-refractivity contribution in [3.05, 3.63) is 20.3 Å².